The Bertz CT molecular complexity index is 969. The van der Waals surface area contributed by atoms with Gasteiger partial charge in [-0.05, 0) is 11.6 Å². The second-order valence-corrected chi connectivity index (χ2v) is 4.97. The van der Waals surface area contributed by atoms with Gasteiger partial charge in [-0.3, -0.25) is 9.59 Å². The summed E-state index contributed by atoms with van der Waals surface area (Å²) in [5.74, 6) is 0.215. The molecule has 4 heteroatoms. The summed E-state index contributed by atoms with van der Waals surface area (Å²) in [5.41, 5.74) is 2.99. The number of aromatic nitrogens is 1. The fraction of sp³-hybridized carbons (Fsp3) is 0.0588. The molecule has 0 saturated carbocycles. The van der Waals surface area contributed by atoms with Crippen LogP contribution in [0.15, 0.2) is 47.3 Å². The van der Waals surface area contributed by atoms with Gasteiger partial charge in [0, 0.05) is 27.6 Å². The van der Waals surface area contributed by atoms with Crippen LogP contribution in [-0.2, 0) is 0 Å². The Morgan fingerprint density at radius 3 is 2.38 bits per heavy atom. The van der Waals surface area contributed by atoms with Gasteiger partial charge in [0.25, 0.3) is 5.56 Å². The molecule has 0 saturated heterocycles. The van der Waals surface area contributed by atoms with Gasteiger partial charge in [0.05, 0.1) is 7.11 Å². The largest absolute Gasteiger partial charge is 0.491 e. The molecule has 0 bridgehead atoms. The van der Waals surface area contributed by atoms with E-state index in [1.165, 1.54) is 7.11 Å². The van der Waals surface area contributed by atoms with E-state index in [1.807, 2.05) is 18.2 Å². The molecule has 0 amide bonds. The van der Waals surface area contributed by atoms with E-state index in [0.29, 0.717) is 22.2 Å². The van der Waals surface area contributed by atoms with Gasteiger partial charge in [-0.1, -0.05) is 36.4 Å². The number of H-pyrrole nitrogens is 1. The summed E-state index contributed by atoms with van der Waals surface area (Å²) < 4.78 is 5.30. The number of fused-ring (bicyclic) bond motifs is 2. The number of nitrogens with one attached hydrogen (secondary N) is 1. The van der Waals surface area contributed by atoms with Crippen molar-refractivity contribution in [2.24, 2.45) is 0 Å². The Labute approximate surface area is 120 Å². The number of ether oxygens (including phenoxy) is 1. The molecule has 3 aromatic rings. The van der Waals surface area contributed by atoms with Crippen LogP contribution in [0.5, 0.6) is 5.75 Å². The van der Waals surface area contributed by atoms with E-state index in [4.69, 9.17) is 4.74 Å². The van der Waals surface area contributed by atoms with Crippen LogP contribution in [0.25, 0.3) is 22.0 Å². The van der Waals surface area contributed by atoms with Crippen molar-refractivity contribution in [1.82, 2.24) is 4.98 Å². The zero-order valence-corrected chi connectivity index (χ0v) is 11.3. The molecule has 0 fully saturated rings. The molecule has 1 aromatic heterocycles. The Morgan fingerprint density at radius 1 is 0.905 bits per heavy atom. The zero-order valence-electron chi connectivity index (χ0n) is 11.3. The number of hydrogen-bond acceptors (Lipinski definition) is 3. The van der Waals surface area contributed by atoms with E-state index in [2.05, 4.69) is 4.98 Å². The molecule has 0 radical (unpaired) electrons. The number of pyridine rings is 1. The van der Waals surface area contributed by atoms with Crippen molar-refractivity contribution >= 4 is 16.7 Å². The first-order valence-electron chi connectivity index (χ1n) is 6.59. The summed E-state index contributed by atoms with van der Waals surface area (Å²) in [6.45, 7) is 0. The van der Waals surface area contributed by atoms with Gasteiger partial charge in [-0.15, -0.1) is 0 Å². The lowest BCUT2D eigenvalue weighted by Crippen LogP contribution is -2.17. The van der Waals surface area contributed by atoms with Crippen LogP contribution < -0.4 is 10.3 Å². The van der Waals surface area contributed by atoms with Gasteiger partial charge >= 0.3 is 0 Å². The Morgan fingerprint density at radius 2 is 1.62 bits per heavy atom. The fourth-order valence-corrected chi connectivity index (χ4v) is 3.02. The topological polar surface area (TPSA) is 59.2 Å². The van der Waals surface area contributed by atoms with Crippen LogP contribution in [0.1, 0.15) is 15.9 Å². The molecule has 0 atom stereocenters. The van der Waals surface area contributed by atoms with Gasteiger partial charge in [-0.2, -0.15) is 0 Å². The van der Waals surface area contributed by atoms with Crippen molar-refractivity contribution in [3.63, 3.8) is 0 Å². The average Bonchev–Trinajstić information content (AvgIpc) is 2.51. The van der Waals surface area contributed by atoms with Crippen LogP contribution >= 0.6 is 0 Å². The third-order valence-corrected chi connectivity index (χ3v) is 3.89. The predicted molar refractivity (Wildman–Crippen MR) is 80.0 cm³/mol. The molecule has 1 N–H and O–H groups in total. The summed E-state index contributed by atoms with van der Waals surface area (Å²) in [5, 5.41) is 0.748. The average molecular weight is 277 g/mol. The van der Waals surface area contributed by atoms with Crippen molar-refractivity contribution in [3.8, 4) is 16.9 Å². The molecule has 4 nitrogen and oxygen atoms in total. The number of carbonyl (C=O) groups excluding carboxylic acids is 1. The summed E-state index contributed by atoms with van der Waals surface area (Å²) in [6.07, 6.45) is 0. The maximum absolute atomic E-state index is 12.6. The number of rotatable bonds is 1. The normalized spacial score (nSPS) is 12.3. The quantitative estimate of drug-likeness (QED) is 0.582. The van der Waals surface area contributed by atoms with Crippen molar-refractivity contribution in [2.45, 2.75) is 0 Å². The van der Waals surface area contributed by atoms with Crippen LogP contribution in [0.4, 0.5) is 0 Å². The molecule has 4 rings (SSSR count). The lowest BCUT2D eigenvalue weighted by Gasteiger charge is -2.21. The maximum Gasteiger partial charge on any atom is 0.291 e. The first-order chi connectivity index (χ1) is 10.2. The summed E-state index contributed by atoms with van der Waals surface area (Å²) in [7, 11) is 1.47. The molecule has 102 valence electrons. The summed E-state index contributed by atoms with van der Waals surface area (Å²) in [4.78, 5) is 27.6. The van der Waals surface area contributed by atoms with E-state index in [-0.39, 0.29) is 17.1 Å². The van der Waals surface area contributed by atoms with Gasteiger partial charge in [0.1, 0.15) is 0 Å². The molecule has 0 unspecified atom stereocenters. The molecule has 2 aromatic carbocycles. The minimum Gasteiger partial charge on any atom is -0.491 e. The second-order valence-electron chi connectivity index (χ2n) is 4.97. The first-order valence-corrected chi connectivity index (χ1v) is 6.59. The minimum atomic E-state index is -0.290. The van der Waals surface area contributed by atoms with Crippen LogP contribution in [-0.4, -0.2) is 17.9 Å². The molecular weight excluding hydrogens is 266 g/mol. The minimum absolute atomic E-state index is 0.0298. The van der Waals surface area contributed by atoms with Crippen molar-refractivity contribution in [1.29, 1.82) is 0 Å². The van der Waals surface area contributed by atoms with Crippen LogP contribution in [0, 0.1) is 0 Å². The SMILES string of the molecule is COc1c2c3c(cccc3[nH]c1=O)C(=O)c1ccccc1-2. The van der Waals surface area contributed by atoms with Crippen LogP contribution in [0.3, 0.4) is 0 Å². The number of methoxy groups -OCH3 is 1. The number of benzene rings is 2. The van der Waals surface area contributed by atoms with Gasteiger partial charge in [0.15, 0.2) is 11.5 Å². The monoisotopic (exact) mass is 277 g/mol. The molecule has 0 aliphatic heterocycles. The van der Waals surface area contributed by atoms with E-state index in [1.54, 1.807) is 24.3 Å². The molecule has 1 heterocycles. The lowest BCUT2D eigenvalue weighted by molar-refractivity contribution is 0.104. The number of aromatic amines is 1. The third-order valence-electron chi connectivity index (χ3n) is 3.89. The van der Waals surface area contributed by atoms with E-state index in [9.17, 15) is 9.59 Å². The highest BCUT2D eigenvalue weighted by Crippen LogP contribution is 2.42. The predicted octanol–water partition coefficient (Wildman–Crippen LogP) is 2.75. The van der Waals surface area contributed by atoms with Crippen molar-refractivity contribution in [2.75, 3.05) is 7.11 Å². The Kier molecular flexibility index (Phi) is 2.30. The molecular formula is C17H11NO3. The van der Waals surface area contributed by atoms with Gasteiger partial charge in [0.2, 0.25) is 0 Å². The van der Waals surface area contributed by atoms with E-state index >= 15 is 0 Å². The highest BCUT2D eigenvalue weighted by molar-refractivity contribution is 6.26. The van der Waals surface area contributed by atoms with E-state index in [0.717, 1.165) is 10.9 Å². The fourth-order valence-electron chi connectivity index (χ4n) is 3.02. The van der Waals surface area contributed by atoms with Gasteiger partial charge in [-0.25, -0.2) is 0 Å². The smallest absolute Gasteiger partial charge is 0.291 e. The molecule has 0 spiro atoms. The summed E-state index contributed by atoms with van der Waals surface area (Å²) >= 11 is 0. The third kappa shape index (κ3) is 1.44. The maximum atomic E-state index is 12.6. The van der Waals surface area contributed by atoms with E-state index < -0.39 is 0 Å². The molecule has 1 aliphatic carbocycles. The van der Waals surface area contributed by atoms with Crippen molar-refractivity contribution < 1.29 is 9.53 Å². The zero-order chi connectivity index (χ0) is 14.6. The van der Waals surface area contributed by atoms with Crippen molar-refractivity contribution in [3.05, 3.63) is 63.9 Å². The molecule has 1 aliphatic rings. The highest BCUT2D eigenvalue weighted by Gasteiger charge is 2.28. The van der Waals surface area contributed by atoms with Crippen LogP contribution in [0.2, 0.25) is 0 Å². The molecule has 21 heavy (non-hydrogen) atoms. The number of hydrogen-bond donors (Lipinski definition) is 1. The number of ketones is 1. The second kappa shape index (κ2) is 4.06. The summed E-state index contributed by atoms with van der Waals surface area (Å²) in [6, 6.07) is 12.6. The lowest BCUT2D eigenvalue weighted by atomic mass is 9.84. The Balaban J connectivity index is 2.33. The van der Waals surface area contributed by atoms with Gasteiger partial charge < -0.3 is 9.72 Å². The number of carbonyl (C=O) groups is 1. The highest BCUT2D eigenvalue weighted by atomic mass is 16.5. The first kappa shape index (κ1) is 11.9. The standard InChI is InChI=1S/C17H11NO3/c1-21-16-14-9-5-2-3-6-10(9)15(19)11-7-4-8-12(13(11)14)18-17(16)20/h2-8H,1H3,(H,18,20). The Hall–Kier alpha value is -2.88.